The lowest BCUT2D eigenvalue weighted by molar-refractivity contribution is -0.272. The zero-order chi connectivity index (χ0) is 27.0. The molecule has 0 aliphatic carbocycles. The summed E-state index contributed by atoms with van der Waals surface area (Å²) in [5.74, 6) is -1.18. The lowest BCUT2D eigenvalue weighted by Gasteiger charge is -2.40. The molecule has 3 aromatic rings. The van der Waals surface area contributed by atoms with Gasteiger partial charge in [0, 0.05) is 11.6 Å². The zero-order valence-corrected chi connectivity index (χ0v) is 20.5. The summed E-state index contributed by atoms with van der Waals surface area (Å²) in [6, 6.07) is 5.38. The number of aliphatic hydroxyl groups excluding tert-OH is 3. The van der Waals surface area contributed by atoms with Gasteiger partial charge in [0.1, 0.15) is 29.4 Å². The number of phenolic OH excluding ortho intramolecular Hbond substituents is 2. The molecule has 0 amide bonds. The standard InChI is InChI=1S/C25H28O12/c1-5-13-17(28)19(30)20(31)25(35-13)36-15-9-12(27)16-18(29)24(34-4)21(37-23(16)22(15)33-3)10-6-7-14(32-2)11(26)8-10/h6-9,13,17,19-20,25-28,30-31H,5H2,1-4H3. The van der Waals surface area contributed by atoms with Gasteiger partial charge in [0.05, 0.1) is 27.4 Å². The Morgan fingerprint density at radius 3 is 2.16 bits per heavy atom. The molecule has 1 aromatic heterocycles. The smallest absolute Gasteiger partial charge is 0.239 e. The highest BCUT2D eigenvalue weighted by molar-refractivity contribution is 5.93. The number of fused-ring (bicyclic) bond motifs is 1. The molecule has 2 heterocycles. The second-order valence-electron chi connectivity index (χ2n) is 8.35. The third-order valence-corrected chi connectivity index (χ3v) is 6.19. The molecule has 0 saturated carbocycles. The van der Waals surface area contributed by atoms with Crippen molar-refractivity contribution in [3.05, 3.63) is 34.5 Å². The predicted octanol–water partition coefficient (Wildman–Crippen LogP) is 1.49. The molecule has 0 bridgehead atoms. The molecule has 1 aliphatic heterocycles. The summed E-state index contributed by atoms with van der Waals surface area (Å²) in [5.41, 5.74) is -0.683. The van der Waals surface area contributed by atoms with E-state index in [0.717, 1.165) is 6.07 Å². The molecule has 1 saturated heterocycles. The Hall–Kier alpha value is -3.71. The lowest BCUT2D eigenvalue weighted by Crippen LogP contribution is -2.58. The lowest BCUT2D eigenvalue weighted by atomic mass is 9.97. The van der Waals surface area contributed by atoms with Gasteiger partial charge in [0.2, 0.25) is 23.2 Å². The van der Waals surface area contributed by atoms with E-state index < -0.39 is 41.9 Å². The van der Waals surface area contributed by atoms with Crippen molar-refractivity contribution < 1.29 is 53.6 Å². The molecule has 0 spiro atoms. The summed E-state index contributed by atoms with van der Waals surface area (Å²) in [4.78, 5) is 13.3. The van der Waals surface area contributed by atoms with E-state index in [2.05, 4.69) is 0 Å². The fourth-order valence-electron chi connectivity index (χ4n) is 4.25. The molecule has 200 valence electrons. The van der Waals surface area contributed by atoms with Crippen LogP contribution in [-0.2, 0) is 4.74 Å². The van der Waals surface area contributed by atoms with Gasteiger partial charge in [0.25, 0.3) is 0 Å². The van der Waals surface area contributed by atoms with Gasteiger partial charge in [-0.1, -0.05) is 6.92 Å². The molecule has 2 aromatic carbocycles. The van der Waals surface area contributed by atoms with Crippen LogP contribution in [0.25, 0.3) is 22.3 Å². The van der Waals surface area contributed by atoms with Crippen LogP contribution < -0.4 is 24.4 Å². The fraction of sp³-hybridized carbons (Fsp3) is 0.400. The van der Waals surface area contributed by atoms with Gasteiger partial charge in [-0.15, -0.1) is 0 Å². The summed E-state index contributed by atoms with van der Waals surface area (Å²) in [7, 11) is 3.91. The van der Waals surface area contributed by atoms with Crippen LogP contribution in [-0.4, -0.2) is 77.6 Å². The molecule has 12 nitrogen and oxygen atoms in total. The van der Waals surface area contributed by atoms with Crippen LogP contribution in [0.15, 0.2) is 33.5 Å². The molecule has 12 heteroatoms. The van der Waals surface area contributed by atoms with Crippen LogP contribution in [0.5, 0.6) is 34.5 Å². The molecule has 37 heavy (non-hydrogen) atoms. The maximum atomic E-state index is 13.3. The maximum absolute atomic E-state index is 13.3. The molecule has 1 fully saturated rings. The van der Waals surface area contributed by atoms with E-state index in [-0.39, 0.29) is 51.0 Å². The molecular formula is C25H28O12. The number of hydrogen-bond donors (Lipinski definition) is 5. The maximum Gasteiger partial charge on any atom is 0.239 e. The van der Waals surface area contributed by atoms with Gasteiger partial charge >= 0.3 is 0 Å². The highest BCUT2D eigenvalue weighted by Gasteiger charge is 2.44. The second kappa shape index (κ2) is 10.3. The summed E-state index contributed by atoms with van der Waals surface area (Å²) >= 11 is 0. The third-order valence-electron chi connectivity index (χ3n) is 6.19. The van der Waals surface area contributed by atoms with Gasteiger partial charge in [-0.25, -0.2) is 0 Å². The first-order valence-electron chi connectivity index (χ1n) is 11.3. The number of methoxy groups -OCH3 is 3. The second-order valence-corrected chi connectivity index (χ2v) is 8.35. The Labute approximate surface area is 210 Å². The van der Waals surface area contributed by atoms with E-state index >= 15 is 0 Å². The minimum Gasteiger partial charge on any atom is -0.507 e. The van der Waals surface area contributed by atoms with Crippen LogP contribution in [0, 0.1) is 0 Å². The predicted molar refractivity (Wildman–Crippen MR) is 129 cm³/mol. The number of phenols is 2. The van der Waals surface area contributed by atoms with Crippen LogP contribution in [0.4, 0.5) is 0 Å². The number of aromatic hydroxyl groups is 2. The summed E-state index contributed by atoms with van der Waals surface area (Å²) < 4.78 is 33.1. The van der Waals surface area contributed by atoms with Crippen LogP contribution >= 0.6 is 0 Å². The average Bonchev–Trinajstić information content (AvgIpc) is 2.88. The first-order chi connectivity index (χ1) is 17.7. The number of hydrogen-bond acceptors (Lipinski definition) is 12. The van der Waals surface area contributed by atoms with Gasteiger partial charge in [-0.3, -0.25) is 4.79 Å². The first kappa shape index (κ1) is 26.4. The average molecular weight is 520 g/mol. The van der Waals surface area contributed by atoms with Crippen molar-refractivity contribution in [3.63, 3.8) is 0 Å². The van der Waals surface area contributed by atoms with E-state index in [1.807, 2.05) is 0 Å². The quantitative estimate of drug-likeness (QED) is 0.304. The Morgan fingerprint density at radius 1 is 0.865 bits per heavy atom. The van der Waals surface area contributed by atoms with Crippen molar-refractivity contribution in [2.75, 3.05) is 21.3 Å². The molecular weight excluding hydrogens is 492 g/mol. The SMILES string of the molecule is CCC1OC(Oc2cc(O)c3c(=O)c(OC)c(-c4ccc(OC)c(O)c4)oc3c2OC)C(O)C(O)C1O. The van der Waals surface area contributed by atoms with Crippen LogP contribution in [0.2, 0.25) is 0 Å². The Morgan fingerprint density at radius 2 is 1.57 bits per heavy atom. The van der Waals surface area contributed by atoms with Crippen molar-refractivity contribution in [2.24, 2.45) is 0 Å². The third kappa shape index (κ3) is 4.48. The zero-order valence-electron chi connectivity index (χ0n) is 20.5. The monoisotopic (exact) mass is 520 g/mol. The van der Waals surface area contributed by atoms with E-state index in [1.54, 1.807) is 6.92 Å². The minimum atomic E-state index is -1.64. The van der Waals surface area contributed by atoms with E-state index in [1.165, 1.54) is 39.5 Å². The van der Waals surface area contributed by atoms with Gasteiger partial charge in [-0.2, -0.15) is 0 Å². The number of benzene rings is 2. The van der Waals surface area contributed by atoms with Crippen molar-refractivity contribution in [2.45, 2.75) is 44.1 Å². The van der Waals surface area contributed by atoms with Gasteiger partial charge < -0.3 is 53.6 Å². The van der Waals surface area contributed by atoms with E-state index in [4.69, 9.17) is 28.1 Å². The molecule has 5 unspecified atom stereocenters. The highest BCUT2D eigenvalue weighted by Crippen LogP contribution is 2.45. The Bertz CT molecular complexity index is 1350. The van der Waals surface area contributed by atoms with Crippen molar-refractivity contribution >= 4 is 11.0 Å². The minimum absolute atomic E-state index is 0.0775. The van der Waals surface area contributed by atoms with Crippen molar-refractivity contribution in [1.82, 2.24) is 0 Å². The molecule has 0 radical (unpaired) electrons. The van der Waals surface area contributed by atoms with Crippen molar-refractivity contribution in [1.29, 1.82) is 0 Å². The van der Waals surface area contributed by atoms with Crippen LogP contribution in [0.1, 0.15) is 13.3 Å². The number of ether oxygens (including phenoxy) is 5. The largest absolute Gasteiger partial charge is 0.507 e. The van der Waals surface area contributed by atoms with E-state index in [0.29, 0.717) is 6.42 Å². The summed E-state index contributed by atoms with van der Waals surface area (Å²) in [6.45, 7) is 1.72. The van der Waals surface area contributed by atoms with E-state index in [9.17, 15) is 30.3 Å². The fourth-order valence-corrected chi connectivity index (χ4v) is 4.25. The molecule has 5 N–H and O–H groups in total. The molecule has 4 rings (SSSR count). The Balaban J connectivity index is 1.89. The highest BCUT2D eigenvalue weighted by atomic mass is 16.7. The van der Waals surface area contributed by atoms with Gasteiger partial charge in [0.15, 0.2) is 28.6 Å². The van der Waals surface area contributed by atoms with Gasteiger partial charge in [-0.05, 0) is 24.6 Å². The first-order valence-corrected chi connectivity index (χ1v) is 11.3. The van der Waals surface area contributed by atoms with Crippen LogP contribution in [0.3, 0.4) is 0 Å². The summed E-state index contributed by atoms with van der Waals surface area (Å²) in [5, 5.41) is 51.4. The molecule has 5 atom stereocenters. The molecule has 1 aliphatic rings. The number of rotatable bonds is 7. The summed E-state index contributed by atoms with van der Waals surface area (Å²) in [6.07, 6.45) is -6.49. The Kier molecular flexibility index (Phi) is 7.37. The van der Waals surface area contributed by atoms with Crippen molar-refractivity contribution in [3.8, 4) is 45.8 Å². The normalized spacial score (nSPS) is 23.6. The topological polar surface area (TPSA) is 178 Å². The number of aliphatic hydroxyl groups is 3.